The fourth-order valence-electron chi connectivity index (χ4n) is 3.13. The van der Waals surface area contributed by atoms with E-state index in [1.807, 2.05) is 0 Å². The predicted octanol–water partition coefficient (Wildman–Crippen LogP) is 5.24. The summed E-state index contributed by atoms with van der Waals surface area (Å²) in [6, 6.07) is 9.86. The van der Waals surface area contributed by atoms with Crippen LogP contribution < -0.4 is 0 Å². The maximum atomic E-state index is 13.7. The molecule has 0 saturated carbocycles. The summed E-state index contributed by atoms with van der Waals surface area (Å²) in [7, 11) is 0. The van der Waals surface area contributed by atoms with Crippen molar-refractivity contribution >= 4 is 5.71 Å². The van der Waals surface area contributed by atoms with Crippen molar-refractivity contribution in [3.05, 3.63) is 76.9 Å². The van der Waals surface area contributed by atoms with Crippen molar-refractivity contribution < 1.29 is 22.1 Å². The lowest BCUT2D eigenvalue weighted by molar-refractivity contribution is -0.152. The van der Waals surface area contributed by atoms with Crippen molar-refractivity contribution in [2.45, 2.75) is 19.1 Å². The molecule has 3 aromatic rings. The molecule has 0 amide bonds. The minimum absolute atomic E-state index is 0.133. The summed E-state index contributed by atoms with van der Waals surface area (Å²) < 4.78 is 59.5. The summed E-state index contributed by atoms with van der Waals surface area (Å²) >= 11 is 0. The van der Waals surface area contributed by atoms with E-state index < -0.39 is 18.0 Å². The molecule has 0 radical (unpaired) electrons. The molecule has 3 nitrogen and oxygen atoms in total. The van der Waals surface area contributed by atoms with Crippen molar-refractivity contribution in [3.63, 3.8) is 0 Å². The first kappa shape index (κ1) is 16.5. The van der Waals surface area contributed by atoms with Gasteiger partial charge in [-0.05, 0) is 36.8 Å². The minimum Gasteiger partial charge on any atom is -0.358 e. The van der Waals surface area contributed by atoms with Crippen LogP contribution in [-0.2, 0) is 0 Å². The maximum absolute atomic E-state index is 13.7. The molecule has 0 saturated heterocycles. The van der Waals surface area contributed by atoms with E-state index in [1.54, 1.807) is 31.2 Å². The lowest BCUT2D eigenvalue weighted by Crippen LogP contribution is -2.20. The van der Waals surface area contributed by atoms with Crippen LogP contribution in [0, 0.1) is 12.7 Å². The number of halogens is 4. The highest BCUT2D eigenvalue weighted by molar-refractivity contribution is 6.17. The van der Waals surface area contributed by atoms with Crippen molar-refractivity contribution in [1.82, 2.24) is 5.16 Å². The Morgan fingerprint density at radius 3 is 2.27 bits per heavy atom. The molecule has 1 aliphatic rings. The van der Waals surface area contributed by atoms with Crippen LogP contribution in [0.4, 0.5) is 17.6 Å². The van der Waals surface area contributed by atoms with Crippen molar-refractivity contribution in [3.8, 4) is 11.1 Å². The fourth-order valence-corrected chi connectivity index (χ4v) is 3.13. The normalized spacial score (nSPS) is 16.5. The molecule has 2 aromatic carbocycles. The van der Waals surface area contributed by atoms with E-state index in [2.05, 4.69) is 10.1 Å². The van der Waals surface area contributed by atoms with Gasteiger partial charge in [-0.15, -0.1) is 0 Å². The second kappa shape index (κ2) is 5.79. The van der Waals surface area contributed by atoms with Crippen LogP contribution in [0.15, 0.2) is 58.0 Å². The Morgan fingerprint density at radius 2 is 1.62 bits per heavy atom. The van der Waals surface area contributed by atoms with E-state index in [0.29, 0.717) is 27.9 Å². The Hall–Kier alpha value is -2.96. The summed E-state index contributed by atoms with van der Waals surface area (Å²) in [5, 5.41) is 3.72. The van der Waals surface area contributed by atoms with Gasteiger partial charge in [0, 0.05) is 11.1 Å². The number of benzene rings is 2. The van der Waals surface area contributed by atoms with Crippen LogP contribution in [-0.4, -0.2) is 17.0 Å². The Balaban J connectivity index is 2.05. The molecule has 1 unspecified atom stereocenters. The van der Waals surface area contributed by atoms with Gasteiger partial charge in [0.15, 0.2) is 5.76 Å². The summed E-state index contributed by atoms with van der Waals surface area (Å²) in [5.74, 6) is -0.810. The summed E-state index contributed by atoms with van der Waals surface area (Å²) in [4.78, 5) is 3.98. The predicted molar refractivity (Wildman–Crippen MR) is 87.5 cm³/mol. The van der Waals surface area contributed by atoms with Gasteiger partial charge in [-0.1, -0.05) is 29.4 Å². The zero-order valence-corrected chi connectivity index (χ0v) is 13.5. The summed E-state index contributed by atoms with van der Waals surface area (Å²) in [5.41, 5.74) is 2.24. The Morgan fingerprint density at radius 1 is 0.962 bits per heavy atom. The first-order chi connectivity index (χ1) is 12.4. The van der Waals surface area contributed by atoms with Gasteiger partial charge in [-0.2, -0.15) is 13.2 Å². The third-order valence-corrected chi connectivity index (χ3v) is 4.27. The van der Waals surface area contributed by atoms with Gasteiger partial charge in [0.1, 0.15) is 5.82 Å². The van der Waals surface area contributed by atoms with Crippen molar-refractivity contribution in [2.24, 2.45) is 4.99 Å². The first-order valence-corrected chi connectivity index (χ1v) is 7.82. The molecule has 7 heteroatoms. The lowest BCUT2D eigenvalue weighted by atomic mass is 9.93. The molecule has 0 aliphatic carbocycles. The number of fused-ring (bicyclic) bond motifs is 3. The van der Waals surface area contributed by atoms with E-state index in [-0.39, 0.29) is 11.5 Å². The van der Waals surface area contributed by atoms with Gasteiger partial charge in [-0.3, -0.25) is 4.99 Å². The Bertz CT molecular complexity index is 1000. The topological polar surface area (TPSA) is 38.4 Å². The minimum atomic E-state index is -4.66. The molecule has 1 atom stereocenters. The molecule has 0 bridgehead atoms. The largest absolute Gasteiger partial charge is 0.418 e. The van der Waals surface area contributed by atoms with Crippen LogP contribution in [0.25, 0.3) is 11.1 Å². The fraction of sp³-hybridized carbons (Fsp3) is 0.158. The van der Waals surface area contributed by atoms with Crippen LogP contribution in [0.3, 0.4) is 0 Å². The van der Waals surface area contributed by atoms with Crippen LogP contribution in [0.5, 0.6) is 0 Å². The van der Waals surface area contributed by atoms with Gasteiger partial charge >= 0.3 is 6.18 Å². The van der Waals surface area contributed by atoms with Gasteiger partial charge in [0.05, 0.1) is 17.0 Å². The number of hydrogen-bond acceptors (Lipinski definition) is 3. The monoisotopic (exact) mass is 360 g/mol. The molecule has 1 aliphatic heterocycles. The molecule has 26 heavy (non-hydrogen) atoms. The number of aromatic nitrogens is 1. The Labute approximate surface area is 146 Å². The highest BCUT2D eigenvalue weighted by Gasteiger charge is 2.47. The molecule has 132 valence electrons. The molecule has 2 heterocycles. The molecule has 4 rings (SSSR count). The van der Waals surface area contributed by atoms with Crippen molar-refractivity contribution in [2.75, 3.05) is 0 Å². The molecular weight excluding hydrogens is 348 g/mol. The second-order valence-corrected chi connectivity index (χ2v) is 5.98. The molecular formula is C19H12F4N2O. The Kier molecular flexibility index (Phi) is 3.68. The van der Waals surface area contributed by atoms with Gasteiger partial charge in [0.2, 0.25) is 6.04 Å². The van der Waals surface area contributed by atoms with Crippen LogP contribution in [0.1, 0.15) is 28.6 Å². The number of alkyl halides is 3. The van der Waals surface area contributed by atoms with E-state index in [0.717, 1.165) is 0 Å². The van der Waals surface area contributed by atoms with E-state index in [4.69, 9.17) is 4.52 Å². The van der Waals surface area contributed by atoms with E-state index >= 15 is 0 Å². The highest BCUT2D eigenvalue weighted by atomic mass is 19.4. The molecule has 0 fully saturated rings. The molecule has 0 N–H and O–H groups in total. The van der Waals surface area contributed by atoms with E-state index in [9.17, 15) is 17.6 Å². The third kappa shape index (κ3) is 2.60. The zero-order chi connectivity index (χ0) is 18.5. The highest BCUT2D eigenvalue weighted by Crippen LogP contribution is 2.45. The zero-order valence-electron chi connectivity index (χ0n) is 13.5. The maximum Gasteiger partial charge on any atom is 0.418 e. The third-order valence-electron chi connectivity index (χ3n) is 4.27. The molecule has 1 aromatic heterocycles. The van der Waals surface area contributed by atoms with Gasteiger partial charge in [-0.25, -0.2) is 4.39 Å². The number of hydrogen-bond donors (Lipinski definition) is 0. The SMILES string of the molecule is Cc1noc2c1-c1ccccc1C(c1ccc(F)cc1)=NC2C(F)(F)F. The first-order valence-electron chi connectivity index (χ1n) is 7.82. The van der Waals surface area contributed by atoms with Gasteiger partial charge in [0.25, 0.3) is 0 Å². The second-order valence-electron chi connectivity index (χ2n) is 5.98. The quantitative estimate of drug-likeness (QED) is 0.557. The van der Waals surface area contributed by atoms with E-state index in [1.165, 1.54) is 24.3 Å². The summed E-state index contributed by atoms with van der Waals surface area (Å²) in [6.45, 7) is 1.59. The van der Waals surface area contributed by atoms with Crippen LogP contribution in [0.2, 0.25) is 0 Å². The smallest absolute Gasteiger partial charge is 0.358 e. The number of nitrogens with zero attached hydrogens (tertiary/aromatic N) is 2. The number of aliphatic imine (C=N–C) groups is 1. The molecule has 0 spiro atoms. The number of aryl methyl sites for hydroxylation is 1. The standard InChI is InChI=1S/C19H12F4N2O/c1-10-15-13-4-2-3-5-14(13)16(11-6-8-12(20)9-7-11)24-18(19(21,22)23)17(15)26-25-10/h2-9,18H,1H3. The average Bonchev–Trinajstić information content (AvgIpc) is 2.89. The summed E-state index contributed by atoms with van der Waals surface area (Å²) in [6.07, 6.45) is -4.66. The van der Waals surface area contributed by atoms with Gasteiger partial charge < -0.3 is 4.52 Å². The lowest BCUT2D eigenvalue weighted by Gasteiger charge is -2.15. The van der Waals surface area contributed by atoms with Crippen LogP contribution >= 0.6 is 0 Å². The van der Waals surface area contributed by atoms with Crippen molar-refractivity contribution in [1.29, 1.82) is 0 Å². The number of rotatable bonds is 1. The average molecular weight is 360 g/mol.